The van der Waals surface area contributed by atoms with Gasteiger partial charge in [0.1, 0.15) is 5.82 Å². The smallest absolute Gasteiger partial charge is 0.127 e. The van der Waals surface area contributed by atoms with Crippen molar-refractivity contribution in [3.8, 4) is 0 Å². The van der Waals surface area contributed by atoms with Gasteiger partial charge in [0.15, 0.2) is 0 Å². The molecule has 0 amide bonds. The Morgan fingerprint density at radius 1 is 1.50 bits per heavy atom. The van der Waals surface area contributed by atoms with E-state index in [1.165, 1.54) is 6.07 Å². The summed E-state index contributed by atoms with van der Waals surface area (Å²) in [5.74, 6) is -0.149. The van der Waals surface area contributed by atoms with Crippen LogP contribution >= 0.6 is 15.9 Å². The number of hydrogen-bond donors (Lipinski definition) is 1. The molecular formula is C11H15BrFN. The maximum absolute atomic E-state index is 13.3. The SMILES string of the molecule is CCC(C)NCc1cc(Br)ccc1F. The molecule has 1 atom stereocenters. The van der Waals surface area contributed by atoms with Crippen LogP contribution < -0.4 is 5.32 Å². The van der Waals surface area contributed by atoms with E-state index in [2.05, 4.69) is 35.1 Å². The van der Waals surface area contributed by atoms with Crippen molar-refractivity contribution in [1.82, 2.24) is 5.32 Å². The van der Waals surface area contributed by atoms with Crippen LogP contribution in [0.4, 0.5) is 4.39 Å². The second kappa shape index (κ2) is 5.47. The Morgan fingerprint density at radius 2 is 2.21 bits per heavy atom. The van der Waals surface area contributed by atoms with Gasteiger partial charge in [-0.1, -0.05) is 22.9 Å². The normalized spacial score (nSPS) is 12.9. The van der Waals surface area contributed by atoms with E-state index in [9.17, 15) is 4.39 Å². The van der Waals surface area contributed by atoms with Crippen LogP contribution in [0.25, 0.3) is 0 Å². The van der Waals surface area contributed by atoms with Crippen LogP contribution in [0.3, 0.4) is 0 Å². The first kappa shape index (κ1) is 11.7. The summed E-state index contributed by atoms with van der Waals surface area (Å²) >= 11 is 3.33. The molecule has 0 saturated heterocycles. The maximum Gasteiger partial charge on any atom is 0.127 e. The van der Waals surface area contributed by atoms with Gasteiger partial charge < -0.3 is 5.32 Å². The van der Waals surface area contributed by atoms with E-state index in [1.54, 1.807) is 6.07 Å². The summed E-state index contributed by atoms with van der Waals surface area (Å²) in [6.45, 7) is 4.78. The molecule has 0 heterocycles. The fourth-order valence-corrected chi connectivity index (χ4v) is 1.52. The van der Waals surface area contributed by atoms with E-state index >= 15 is 0 Å². The molecule has 0 spiro atoms. The third-order valence-corrected chi connectivity index (χ3v) is 2.75. The molecule has 0 aliphatic rings. The van der Waals surface area contributed by atoms with E-state index in [1.807, 2.05) is 6.07 Å². The zero-order chi connectivity index (χ0) is 10.6. The summed E-state index contributed by atoms with van der Waals surface area (Å²) in [7, 11) is 0. The molecule has 1 aromatic carbocycles. The van der Waals surface area contributed by atoms with Gasteiger partial charge in [0.25, 0.3) is 0 Å². The Kier molecular flexibility index (Phi) is 4.55. The molecule has 0 aliphatic carbocycles. The molecule has 78 valence electrons. The summed E-state index contributed by atoms with van der Waals surface area (Å²) in [6.07, 6.45) is 1.05. The minimum Gasteiger partial charge on any atom is -0.310 e. The highest BCUT2D eigenvalue weighted by molar-refractivity contribution is 9.10. The number of halogens is 2. The summed E-state index contributed by atoms with van der Waals surface area (Å²) < 4.78 is 14.2. The number of benzene rings is 1. The van der Waals surface area contributed by atoms with Gasteiger partial charge in [-0.25, -0.2) is 4.39 Å². The second-order valence-electron chi connectivity index (χ2n) is 3.43. The van der Waals surface area contributed by atoms with Crippen molar-refractivity contribution in [2.75, 3.05) is 0 Å². The van der Waals surface area contributed by atoms with Crippen LogP contribution in [0.1, 0.15) is 25.8 Å². The van der Waals surface area contributed by atoms with E-state index in [0.29, 0.717) is 18.2 Å². The van der Waals surface area contributed by atoms with Gasteiger partial charge >= 0.3 is 0 Å². The molecule has 1 N–H and O–H groups in total. The number of rotatable bonds is 4. The van der Waals surface area contributed by atoms with Gasteiger partial charge in [-0.05, 0) is 31.5 Å². The Labute approximate surface area is 92.8 Å². The molecule has 14 heavy (non-hydrogen) atoms. The highest BCUT2D eigenvalue weighted by atomic mass is 79.9. The van der Waals surface area contributed by atoms with Gasteiger partial charge in [0, 0.05) is 22.6 Å². The third kappa shape index (κ3) is 3.39. The average Bonchev–Trinajstić information content (AvgIpc) is 2.19. The zero-order valence-corrected chi connectivity index (χ0v) is 10.1. The van der Waals surface area contributed by atoms with Crippen LogP contribution in [-0.4, -0.2) is 6.04 Å². The zero-order valence-electron chi connectivity index (χ0n) is 8.48. The lowest BCUT2D eigenvalue weighted by atomic mass is 10.2. The molecule has 0 saturated carbocycles. The van der Waals surface area contributed by atoms with Crippen molar-refractivity contribution in [1.29, 1.82) is 0 Å². The van der Waals surface area contributed by atoms with Crippen molar-refractivity contribution in [3.05, 3.63) is 34.1 Å². The molecule has 0 radical (unpaired) electrons. The molecule has 0 bridgehead atoms. The monoisotopic (exact) mass is 259 g/mol. The average molecular weight is 260 g/mol. The molecule has 1 nitrogen and oxygen atoms in total. The van der Waals surface area contributed by atoms with Crippen molar-refractivity contribution in [2.24, 2.45) is 0 Å². The van der Waals surface area contributed by atoms with Crippen LogP contribution in [0.2, 0.25) is 0 Å². The first-order valence-corrected chi connectivity index (χ1v) is 5.60. The Morgan fingerprint density at radius 3 is 2.86 bits per heavy atom. The molecular weight excluding hydrogens is 245 g/mol. The predicted octanol–water partition coefficient (Wildman–Crippen LogP) is 3.48. The molecule has 3 heteroatoms. The minimum atomic E-state index is -0.149. The summed E-state index contributed by atoms with van der Waals surface area (Å²) in [5, 5.41) is 3.26. The lowest BCUT2D eigenvalue weighted by Gasteiger charge is -2.11. The quantitative estimate of drug-likeness (QED) is 0.873. The summed E-state index contributed by atoms with van der Waals surface area (Å²) in [4.78, 5) is 0. The van der Waals surface area contributed by atoms with E-state index < -0.39 is 0 Å². The largest absolute Gasteiger partial charge is 0.310 e. The van der Waals surface area contributed by atoms with Crippen LogP contribution in [-0.2, 0) is 6.54 Å². The van der Waals surface area contributed by atoms with E-state index in [0.717, 1.165) is 10.9 Å². The summed E-state index contributed by atoms with van der Waals surface area (Å²) in [6, 6.07) is 5.43. The molecule has 0 aliphatic heterocycles. The Hall–Kier alpha value is -0.410. The topological polar surface area (TPSA) is 12.0 Å². The lowest BCUT2D eigenvalue weighted by Crippen LogP contribution is -2.24. The number of hydrogen-bond acceptors (Lipinski definition) is 1. The number of nitrogens with one attached hydrogen (secondary N) is 1. The molecule has 1 unspecified atom stereocenters. The van der Waals surface area contributed by atoms with Gasteiger partial charge in [0.05, 0.1) is 0 Å². The van der Waals surface area contributed by atoms with Gasteiger partial charge in [-0.15, -0.1) is 0 Å². The fourth-order valence-electron chi connectivity index (χ4n) is 1.11. The van der Waals surface area contributed by atoms with Crippen molar-refractivity contribution in [3.63, 3.8) is 0 Å². The van der Waals surface area contributed by atoms with Crippen LogP contribution in [0, 0.1) is 5.82 Å². The first-order chi connectivity index (χ1) is 6.63. The molecule has 1 aromatic rings. The van der Waals surface area contributed by atoms with Crippen molar-refractivity contribution in [2.45, 2.75) is 32.9 Å². The third-order valence-electron chi connectivity index (χ3n) is 2.26. The van der Waals surface area contributed by atoms with Gasteiger partial charge in [-0.3, -0.25) is 0 Å². The van der Waals surface area contributed by atoms with E-state index in [4.69, 9.17) is 0 Å². The lowest BCUT2D eigenvalue weighted by molar-refractivity contribution is 0.517. The van der Waals surface area contributed by atoms with Crippen LogP contribution in [0.15, 0.2) is 22.7 Å². The minimum absolute atomic E-state index is 0.149. The van der Waals surface area contributed by atoms with Crippen molar-refractivity contribution >= 4 is 15.9 Å². The maximum atomic E-state index is 13.3. The van der Waals surface area contributed by atoms with Gasteiger partial charge in [0.2, 0.25) is 0 Å². The summed E-state index contributed by atoms with van der Waals surface area (Å²) in [5.41, 5.74) is 0.708. The fraction of sp³-hybridized carbons (Fsp3) is 0.455. The standard InChI is InChI=1S/C11H15BrFN/c1-3-8(2)14-7-9-6-10(12)4-5-11(9)13/h4-6,8,14H,3,7H2,1-2H3. The molecule has 0 aromatic heterocycles. The Bertz CT molecular complexity index is 301. The van der Waals surface area contributed by atoms with E-state index in [-0.39, 0.29) is 5.82 Å². The molecule has 0 fully saturated rings. The second-order valence-corrected chi connectivity index (χ2v) is 4.34. The van der Waals surface area contributed by atoms with Gasteiger partial charge in [-0.2, -0.15) is 0 Å². The van der Waals surface area contributed by atoms with Crippen LogP contribution in [0.5, 0.6) is 0 Å². The highest BCUT2D eigenvalue weighted by Crippen LogP contribution is 2.15. The molecule has 1 rings (SSSR count). The first-order valence-electron chi connectivity index (χ1n) is 4.80. The highest BCUT2D eigenvalue weighted by Gasteiger charge is 2.04. The Balaban J connectivity index is 2.62. The predicted molar refractivity (Wildman–Crippen MR) is 60.7 cm³/mol. The van der Waals surface area contributed by atoms with Crippen molar-refractivity contribution < 1.29 is 4.39 Å².